The van der Waals surface area contributed by atoms with Crippen LogP contribution in [0.25, 0.3) is 5.57 Å². The number of fused-ring (bicyclic) bond motifs is 1. The van der Waals surface area contributed by atoms with Crippen LogP contribution in [0.5, 0.6) is 0 Å². The third-order valence-corrected chi connectivity index (χ3v) is 5.00. The minimum atomic E-state index is 0.434. The Bertz CT molecular complexity index is 477. The van der Waals surface area contributed by atoms with E-state index < -0.39 is 0 Å². The van der Waals surface area contributed by atoms with Crippen LogP contribution in [-0.2, 0) is 0 Å². The van der Waals surface area contributed by atoms with E-state index in [0.717, 1.165) is 0 Å². The van der Waals surface area contributed by atoms with Gasteiger partial charge in [-0.05, 0) is 50.8 Å². The lowest BCUT2D eigenvalue weighted by Crippen LogP contribution is -2.53. The average molecular weight is 270 g/mol. The predicted octanol–water partition coefficient (Wildman–Crippen LogP) is 3.52. The smallest absolute Gasteiger partial charge is 0.0628 e. The van der Waals surface area contributed by atoms with E-state index in [1.54, 1.807) is 0 Å². The highest BCUT2D eigenvalue weighted by Crippen LogP contribution is 2.30. The van der Waals surface area contributed by atoms with Gasteiger partial charge in [-0.1, -0.05) is 36.4 Å². The minimum absolute atomic E-state index is 0.434. The standard InChI is InChI=1S/C18H26N2/c1-14-7-9-17(10-8-14)15(2)16(3)20-13-5-12-19-11-4-6-18(19)20/h7-10,16,18H,2,4-6,11-13H2,1,3H3. The van der Waals surface area contributed by atoms with E-state index in [1.807, 2.05) is 0 Å². The Morgan fingerprint density at radius 3 is 2.60 bits per heavy atom. The molecule has 2 aliphatic heterocycles. The van der Waals surface area contributed by atoms with Crippen molar-refractivity contribution < 1.29 is 0 Å². The van der Waals surface area contributed by atoms with Gasteiger partial charge in [-0.2, -0.15) is 0 Å². The van der Waals surface area contributed by atoms with E-state index in [9.17, 15) is 0 Å². The molecule has 0 aromatic heterocycles. The number of nitrogens with zero attached hydrogens (tertiary/aromatic N) is 2. The maximum absolute atomic E-state index is 4.38. The second kappa shape index (κ2) is 5.71. The van der Waals surface area contributed by atoms with Gasteiger partial charge in [-0.15, -0.1) is 0 Å². The molecular weight excluding hydrogens is 244 g/mol. The van der Waals surface area contributed by atoms with Crippen molar-refractivity contribution in [2.45, 2.75) is 45.3 Å². The van der Waals surface area contributed by atoms with Gasteiger partial charge in [-0.3, -0.25) is 9.80 Å². The van der Waals surface area contributed by atoms with E-state index in [4.69, 9.17) is 0 Å². The van der Waals surface area contributed by atoms with Crippen LogP contribution >= 0.6 is 0 Å². The van der Waals surface area contributed by atoms with Crippen LogP contribution in [0, 0.1) is 6.92 Å². The SMILES string of the molecule is C=C(c1ccc(C)cc1)C(C)N1CCCN2CCCC21. The van der Waals surface area contributed by atoms with Crippen LogP contribution in [0.4, 0.5) is 0 Å². The Morgan fingerprint density at radius 1 is 1.15 bits per heavy atom. The average Bonchev–Trinajstić information content (AvgIpc) is 2.95. The maximum atomic E-state index is 4.38. The van der Waals surface area contributed by atoms with E-state index in [0.29, 0.717) is 12.2 Å². The third-order valence-electron chi connectivity index (χ3n) is 5.00. The molecule has 0 radical (unpaired) electrons. The van der Waals surface area contributed by atoms with Gasteiger partial charge in [0.25, 0.3) is 0 Å². The van der Waals surface area contributed by atoms with Gasteiger partial charge in [0.05, 0.1) is 6.17 Å². The molecular formula is C18H26N2. The van der Waals surface area contributed by atoms with Crippen molar-refractivity contribution in [2.24, 2.45) is 0 Å². The summed E-state index contributed by atoms with van der Waals surface area (Å²) >= 11 is 0. The third kappa shape index (κ3) is 2.55. The summed E-state index contributed by atoms with van der Waals surface area (Å²) in [5.74, 6) is 0. The number of benzene rings is 1. The van der Waals surface area contributed by atoms with E-state index in [2.05, 4.69) is 54.5 Å². The highest BCUT2D eigenvalue weighted by Gasteiger charge is 2.35. The summed E-state index contributed by atoms with van der Waals surface area (Å²) in [4.78, 5) is 5.32. The van der Waals surface area contributed by atoms with Gasteiger partial charge in [0.1, 0.15) is 0 Å². The number of aryl methyl sites for hydroxylation is 1. The second-order valence-corrected chi connectivity index (χ2v) is 6.32. The van der Waals surface area contributed by atoms with E-state index >= 15 is 0 Å². The number of hydrogen-bond acceptors (Lipinski definition) is 2. The monoisotopic (exact) mass is 270 g/mol. The first kappa shape index (κ1) is 13.8. The van der Waals surface area contributed by atoms with Crippen molar-refractivity contribution in [3.63, 3.8) is 0 Å². The fourth-order valence-electron chi connectivity index (χ4n) is 3.71. The van der Waals surface area contributed by atoms with Crippen molar-refractivity contribution in [2.75, 3.05) is 19.6 Å². The zero-order chi connectivity index (χ0) is 14.1. The lowest BCUT2D eigenvalue weighted by atomic mass is 9.97. The molecule has 2 atom stereocenters. The Kier molecular flexibility index (Phi) is 3.95. The summed E-state index contributed by atoms with van der Waals surface area (Å²) < 4.78 is 0. The molecule has 0 N–H and O–H groups in total. The van der Waals surface area contributed by atoms with Gasteiger partial charge >= 0.3 is 0 Å². The minimum Gasteiger partial charge on any atom is -0.288 e. The van der Waals surface area contributed by atoms with Crippen molar-refractivity contribution in [1.82, 2.24) is 9.80 Å². The highest BCUT2D eigenvalue weighted by molar-refractivity contribution is 5.67. The molecule has 0 amide bonds. The summed E-state index contributed by atoms with van der Waals surface area (Å²) in [7, 11) is 0. The van der Waals surface area contributed by atoms with Crippen LogP contribution in [0.3, 0.4) is 0 Å². The fourth-order valence-corrected chi connectivity index (χ4v) is 3.71. The molecule has 2 heterocycles. The summed E-state index contributed by atoms with van der Waals surface area (Å²) in [6.07, 6.45) is 4.62. The molecule has 1 aromatic carbocycles. The molecule has 0 aliphatic carbocycles. The molecule has 3 rings (SSSR count). The molecule has 108 valence electrons. The maximum Gasteiger partial charge on any atom is 0.0628 e. The molecule has 0 saturated carbocycles. The van der Waals surface area contributed by atoms with Crippen LogP contribution in [0.1, 0.15) is 37.3 Å². The Balaban J connectivity index is 1.75. The zero-order valence-corrected chi connectivity index (χ0v) is 12.8. The zero-order valence-electron chi connectivity index (χ0n) is 12.8. The van der Waals surface area contributed by atoms with Crippen molar-refractivity contribution in [3.8, 4) is 0 Å². The summed E-state index contributed by atoms with van der Waals surface area (Å²) in [6, 6.07) is 9.23. The predicted molar refractivity (Wildman–Crippen MR) is 85.6 cm³/mol. The quantitative estimate of drug-likeness (QED) is 0.829. The number of hydrogen-bond donors (Lipinski definition) is 0. The largest absolute Gasteiger partial charge is 0.288 e. The lowest BCUT2D eigenvalue weighted by Gasteiger charge is -2.44. The molecule has 20 heavy (non-hydrogen) atoms. The molecule has 1 aromatic rings. The summed E-state index contributed by atoms with van der Waals surface area (Å²) in [5, 5.41) is 0. The topological polar surface area (TPSA) is 6.48 Å². The first-order valence-corrected chi connectivity index (χ1v) is 7.92. The molecule has 2 saturated heterocycles. The van der Waals surface area contributed by atoms with Crippen molar-refractivity contribution in [1.29, 1.82) is 0 Å². The van der Waals surface area contributed by atoms with Crippen LogP contribution in [0.2, 0.25) is 0 Å². The van der Waals surface area contributed by atoms with Gasteiger partial charge < -0.3 is 0 Å². The Labute approximate surface area is 123 Å². The summed E-state index contributed by atoms with van der Waals surface area (Å²) in [6.45, 7) is 12.6. The van der Waals surface area contributed by atoms with Crippen molar-refractivity contribution >= 4 is 5.57 Å². The molecule has 2 unspecified atom stereocenters. The fraction of sp³-hybridized carbons (Fsp3) is 0.556. The Morgan fingerprint density at radius 2 is 1.85 bits per heavy atom. The van der Waals surface area contributed by atoms with Gasteiger partial charge in [-0.25, -0.2) is 0 Å². The first-order chi connectivity index (χ1) is 9.66. The van der Waals surface area contributed by atoms with E-state index in [-0.39, 0.29) is 0 Å². The highest BCUT2D eigenvalue weighted by atomic mass is 15.4. The molecule has 2 heteroatoms. The van der Waals surface area contributed by atoms with Crippen LogP contribution in [0.15, 0.2) is 30.8 Å². The molecule has 0 spiro atoms. The van der Waals surface area contributed by atoms with Gasteiger partial charge in [0.15, 0.2) is 0 Å². The first-order valence-electron chi connectivity index (χ1n) is 7.92. The molecule has 2 fully saturated rings. The second-order valence-electron chi connectivity index (χ2n) is 6.32. The lowest BCUT2D eigenvalue weighted by molar-refractivity contribution is 0.0226. The normalized spacial score (nSPS) is 25.4. The molecule has 0 bridgehead atoms. The number of rotatable bonds is 3. The van der Waals surface area contributed by atoms with Crippen LogP contribution in [-0.4, -0.2) is 41.6 Å². The van der Waals surface area contributed by atoms with Crippen LogP contribution < -0.4 is 0 Å². The van der Waals surface area contributed by atoms with Crippen molar-refractivity contribution in [3.05, 3.63) is 42.0 Å². The van der Waals surface area contributed by atoms with Gasteiger partial charge in [0.2, 0.25) is 0 Å². The Hall–Kier alpha value is -1.12. The molecule has 2 nitrogen and oxygen atoms in total. The molecule has 2 aliphatic rings. The summed E-state index contributed by atoms with van der Waals surface area (Å²) in [5.41, 5.74) is 3.87. The van der Waals surface area contributed by atoms with E-state index in [1.165, 1.54) is 55.6 Å². The van der Waals surface area contributed by atoms with Gasteiger partial charge in [0, 0.05) is 19.1 Å².